The lowest BCUT2D eigenvalue weighted by Gasteiger charge is -2.35. The molecule has 6 nitrogen and oxygen atoms in total. The van der Waals surface area contributed by atoms with E-state index in [9.17, 15) is 0 Å². The molecule has 0 bridgehead atoms. The zero-order valence-corrected chi connectivity index (χ0v) is 20.8. The van der Waals surface area contributed by atoms with Crippen LogP contribution in [-0.2, 0) is 15.9 Å². The normalized spacial score (nSPS) is 20.5. The molecule has 30 heavy (non-hydrogen) atoms. The number of methoxy groups -OCH3 is 1. The first-order valence-electron chi connectivity index (χ1n) is 11.2. The van der Waals surface area contributed by atoms with Gasteiger partial charge < -0.3 is 24.4 Å². The molecule has 1 atom stereocenters. The summed E-state index contributed by atoms with van der Waals surface area (Å²) in [5, 5.41) is 3.45. The number of piperidine rings is 1. The molecule has 2 saturated heterocycles. The molecule has 7 heteroatoms. The van der Waals surface area contributed by atoms with Gasteiger partial charge in [0.1, 0.15) is 5.75 Å². The maximum atomic E-state index is 6.15. The van der Waals surface area contributed by atoms with Gasteiger partial charge in [0, 0.05) is 32.8 Å². The third-order valence-electron chi connectivity index (χ3n) is 5.66. The summed E-state index contributed by atoms with van der Waals surface area (Å²) in [6, 6.07) is 8.22. The number of nitrogens with one attached hydrogen (secondary N) is 1. The Kier molecular flexibility index (Phi) is 11.8. The van der Waals surface area contributed by atoms with E-state index in [0.717, 1.165) is 76.8 Å². The van der Waals surface area contributed by atoms with Gasteiger partial charge in [-0.3, -0.25) is 4.99 Å². The first-order valence-corrected chi connectivity index (χ1v) is 11.2. The number of rotatable bonds is 8. The highest BCUT2D eigenvalue weighted by molar-refractivity contribution is 14.0. The summed E-state index contributed by atoms with van der Waals surface area (Å²) in [5.74, 6) is 1.92. The zero-order chi connectivity index (χ0) is 20.3. The van der Waals surface area contributed by atoms with E-state index < -0.39 is 0 Å². The molecule has 0 radical (unpaired) electrons. The van der Waals surface area contributed by atoms with Gasteiger partial charge in [-0.1, -0.05) is 12.1 Å². The minimum atomic E-state index is 0. The molecule has 0 aliphatic carbocycles. The first kappa shape index (κ1) is 25.2. The number of hydrogen-bond acceptors (Lipinski definition) is 4. The van der Waals surface area contributed by atoms with Crippen molar-refractivity contribution in [3.63, 3.8) is 0 Å². The van der Waals surface area contributed by atoms with Gasteiger partial charge >= 0.3 is 0 Å². The Hall–Kier alpha value is -1.06. The minimum Gasteiger partial charge on any atom is -0.497 e. The maximum absolute atomic E-state index is 6.15. The predicted molar refractivity (Wildman–Crippen MR) is 132 cm³/mol. The van der Waals surface area contributed by atoms with Crippen LogP contribution in [0.25, 0.3) is 0 Å². The van der Waals surface area contributed by atoms with Crippen LogP contribution in [-0.4, -0.2) is 69.6 Å². The van der Waals surface area contributed by atoms with Gasteiger partial charge in [0.05, 0.1) is 25.9 Å². The van der Waals surface area contributed by atoms with Gasteiger partial charge in [-0.15, -0.1) is 24.0 Å². The van der Waals surface area contributed by atoms with Gasteiger partial charge in [-0.2, -0.15) is 0 Å². The van der Waals surface area contributed by atoms with Crippen LogP contribution in [0.5, 0.6) is 5.75 Å². The van der Waals surface area contributed by atoms with E-state index in [-0.39, 0.29) is 24.0 Å². The third kappa shape index (κ3) is 8.23. The molecule has 0 spiro atoms. The van der Waals surface area contributed by atoms with E-state index in [2.05, 4.69) is 29.3 Å². The van der Waals surface area contributed by atoms with Crippen molar-refractivity contribution in [3.8, 4) is 5.75 Å². The summed E-state index contributed by atoms with van der Waals surface area (Å²) >= 11 is 0. The summed E-state index contributed by atoms with van der Waals surface area (Å²) in [7, 11) is 1.70. The fraction of sp³-hybridized carbons (Fsp3) is 0.696. The summed E-state index contributed by atoms with van der Waals surface area (Å²) in [6.45, 7) is 7.39. The van der Waals surface area contributed by atoms with E-state index in [1.165, 1.54) is 18.4 Å². The lowest BCUT2D eigenvalue weighted by atomic mass is 10.1. The largest absolute Gasteiger partial charge is 0.497 e. The van der Waals surface area contributed by atoms with E-state index in [0.29, 0.717) is 12.2 Å². The Bertz CT molecular complexity index is 630. The molecule has 1 unspecified atom stereocenters. The highest BCUT2D eigenvalue weighted by atomic mass is 127. The summed E-state index contributed by atoms with van der Waals surface area (Å²) in [5.41, 5.74) is 1.25. The summed E-state index contributed by atoms with van der Waals surface area (Å²) in [4.78, 5) is 7.23. The number of guanidine groups is 1. The van der Waals surface area contributed by atoms with Gasteiger partial charge in [-0.05, 0) is 63.1 Å². The van der Waals surface area contributed by atoms with Gasteiger partial charge in [0.15, 0.2) is 5.96 Å². The van der Waals surface area contributed by atoms with E-state index in [4.69, 9.17) is 19.2 Å². The second kappa shape index (κ2) is 14.1. The average molecular weight is 531 g/mol. The molecule has 2 heterocycles. The van der Waals surface area contributed by atoms with Crippen LogP contribution in [0.2, 0.25) is 0 Å². The Morgan fingerprint density at radius 2 is 2.07 bits per heavy atom. The van der Waals surface area contributed by atoms with E-state index >= 15 is 0 Å². The molecular weight excluding hydrogens is 493 g/mol. The average Bonchev–Trinajstić information content (AvgIpc) is 2.78. The van der Waals surface area contributed by atoms with Crippen LogP contribution < -0.4 is 10.1 Å². The second-order valence-electron chi connectivity index (χ2n) is 7.85. The number of halogens is 1. The van der Waals surface area contributed by atoms with Gasteiger partial charge in [0.2, 0.25) is 0 Å². The number of hydrogen-bond donors (Lipinski definition) is 1. The van der Waals surface area contributed by atoms with Gasteiger partial charge in [-0.25, -0.2) is 0 Å². The van der Waals surface area contributed by atoms with Crippen molar-refractivity contribution < 1.29 is 14.2 Å². The van der Waals surface area contributed by atoms with Crippen LogP contribution >= 0.6 is 24.0 Å². The fourth-order valence-corrected chi connectivity index (χ4v) is 3.96. The van der Waals surface area contributed by atoms with Crippen molar-refractivity contribution in [1.82, 2.24) is 10.2 Å². The highest BCUT2D eigenvalue weighted by Crippen LogP contribution is 2.18. The number of benzene rings is 1. The molecule has 0 amide bonds. The SMILES string of the molecule is CCNC(=NCCc1cccc(OC)c1)N1CCC(OCC2CCCCO2)CC1.I. The molecule has 170 valence electrons. The smallest absolute Gasteiger partial charge is 0.193 e. The van der Waals surface area contributed by atoms with Crippen molar-refractivity contribution in [3.05, 3.63) is 29.8 Å². The van der Waals surface area contributed by atoms with Crippen LogP contribution in [0, 0.1) is 0 Å². The Morgan fingerprint density at radius 1 is 1.23 bits per heavy atom. The lowest BCUT2D eigenvalue weighted by Crippen LogP contribution is -2.47. The van der Waals surface area contributed by atoms with Crippen molar-refractivity contribution >= 4 is 29.9 Å². The number of likely N-dealkylation sites (tertiary alicyclic amines) is 1. The molecule has 2 aliphatic heterocycles. The molecule has 1 N–H and O–H groups in total. The van der Waals surface area contributed by atoms with Crippen LogP contribution in [0.3, 0.4) is 0 Å². The monoisotopic (exact) mass is 531 g/mol. The second-order valence-corrected chi connectivity index (χ2v) is 7.85. The van der Waals surface area contributed by atoms with E-state index in [1.807, 2.05) is 12.1 Å². The van der Waals surface area contributed by atoms with Crippen LogP contribution in [0.15, 0.2) is 29.3 Å². The van der Waals surface area contributed by atoms with Crippen molar-refractivity contribution in [2.75, 3.05) is 46.5 Å². The maximum Gasteiger partial charge on any atom is 0.193 e. The predicted octanol–water partition coefficient (Wildman–Crippen LogP) is 3.87. The molecule has 2 aliphatic rings. The van der Waals surface area contributed by atoms with Gasteiger partial charge in [0.25, 0.3) is 0 Å². The quantitative estimate of drug-likeness (QED) is 0.314. The third-order valence-corrected chi connectivity index (χ3v) is 5.66. The summed E-state index contributed by atoms with van der Waals surface area (Å²) in [6.07, 6.45) is 7.26. The molecule has 2 fully saturated rings. The summed E-state index contributed by atoms with van der Waals surface area (Å²) < 4.78 is 17.2. The number of aliphatic imine (C=N–C) groups is 1. The fourth-order valence-electron chi connectivity index (χ4n) is 3.96. The van der Waals surface area contributed by atoms with Crippen molar-refractivity contribution in [1.29, 1.82) is 0 Å². The Labute approximate surface area is 198 Å². The van der Waals surface area contributed by atoms with E-state index in [1.54, 1.807) is 7.11 Å². The number of ether oxygens (including phenoxy) is 3. The number of nitrogens with zero attached hydrogens (tertiary/aromatic N) is 2. The Balaban J connectivity index is 0.00000320. The molecular formula is C23H38IN3O3. The molecule has 1 aromatic carbocycles. The topological polar surface area (TPSA) is 55.3 Å². The molecule has 3 rings (SSSR count). The van der Waals surface area contributed by atoms with Crippen LogP contribution in [0.4, 0.5) is 0 Å². The lowest BCUT2D eigenvalue weighted by molar-refractivity contribution is -0.0721. The minimum absolute atomic E-state index is 0. The first-order chi connectivity index (χ1) is 14.3. The Morgan fingerprint density at radius 3 is 2.77 bits per heavy atom. The molecule has 1 aromatic rings. The molecule has 0 aromatic heterocycles. The highest BCUT2D eigenvalue weighted by Gasteiger charge is 2.23. The molecule has 0 saturated carbocycles. The standard InChI is InChI=1S/C23H37N3O3.HI/c1-3-24-23(25-13-10-19-7-6-9-21(17-19)27-2)26-14-11-20(12-15-26)29-18-22-8-4-5-16-28-22;/h6-7,9,17,20,22H,3-5,8,10-16,18H2,1-2H3,(H,24,25);1H. The van der Waals surface area contributed by atoms with Crippen molar-refractivity contribution in [2.45, 2.75) is 57.7 Å². The zero-order valence-electron chi connectivity index (χ0n) is 18.5. The van der Waals surface area contributed by atoms with Crippen LogP contribution in [0.1, 0.15) is 44.6 Å². The van der Waals surface area contributed by atoms with Crippen molar-refractivity contribution in [2.24, 2.45) is 4.99 Å².